The lowest BCUT2D eigenvalue weighted by molar-refractivity contribution is 0.101. The van der Waals surface area contributed by atoms with Gasteiger partial charge in [-0.25, -0.2) is 0 Å². The summed E-state index contributed by atoms with van der Waals surface area (Å²) >= 11 is 9.68. The Balaban J connectivity index is 2.46. The van der Waals surface area contributed by atoms with E-state index in [0.717, 1.165) is 39.8 Å². The molecule has 3 nitrogen and oxygen atoms in total. The van der Waals surface area contributed by atoms with E-state index in [9.17, 15) is 4.79 Å². The molecule has 0 fully saturated rings. The predicted octanol–water partition coefficient (Wildman–Crippen LogP) is 4.67. The Morgan fingerprint density at radius 1 is 1.33 bits per heavy atom. The van der Waals surface area contributed by atoms with E-state index in [2.05, 4.69) is 21.0 Å². The number of aromatic nitrogens is 2. The SMILES string of the molecule is CCc1nn(Cc2ccc(Br)cc2Cl)c(CC)c1C(C)=O. The third-order valence-corrected chi connectivity index (χ3v) is 4.33. The molecule has 0 unspecified atom stereocenters. The summed E-state index contributed by atoms with van der Waals surface area (Å²) in [6, 6.07) is 5.81. The predicted molar refractivity (Wildman–Crippen MR) is 89.2 cm³/mol. The van der Waals surface area contributed by atoms with Crippen molar-refractivity contribution in [2.24, 2.45) is 0 Å². The van der Waals surface area contributed by atoms with Crippen molar-refractivity contribution in [3.8, 4) is 0 Å². The van der Waals surface area contributed by atoms with Crippen LogP contribution in [0.2, 0.25) is 5.02 Å². The van der Waals surface area contributed by atoms with Gasteiger partial charge in [-0.2, -0.15) is 5.10 Å². The first-order valence-corrected chi connectivity index (χ1v) is 8.18. The van der Waals surface area contributed by atoms with Gasteiger partial charge in [-0.05, 0) is 37.5 Å². The van der Waals surface area contributed by atoms with Crippen LogP contribution in [-0.4, -0.2) is 15.6 Å². The van der Waals surface area contributed by atoms with Crippen LogP contribution < -0.4 is 0 Å². The van der Waals surface area contributed by atoms with E-state index in [1.54, 1.807) is 6.92 Å². The molecule has 0 amide bonds. The fourth-order valence-electron chi connectivity index (χ4n) is 2.51. The van der Waals surface area contributed by atoms with Crippen molar-refractivity contribution in [2.45, 2.75) is 40.2 Å². The lowest BCUT2D eigenvalue weighted by Crippen LogP contribution is -2.08. The molecule has 0 N–H and O–H groups in total. The van der Waals surface area contributed by atoms with Crippen molar-refractivity contribution >= 4 is 33.3 Å². The molecule has 5 heteroatoms. The van der Waals surface area contributed by atoms with Gasteiger partial charge in [0.25, 0.3) is 0 Å². The molecule has 21 heavy (non-hydrogen) atoms. The summed E-state index contributed by atoms with van der Waals surface area (Å²) in [5.41, 5.74) is 3.62. The van der Waals surface area contributed by atoms with Gasteiger partial charge in [-0.1, -0.05) is 47.4 Å². The van der Waals surface area contributed by atoms with E-state index >= 15 is 0 Å². The second-order valence-electron chi connectivity index (χ2n) is 4.93. The molecule has 0 aliphatic heterocycles. The number of hydrogen-bond acceptors (Lipinski definition) is 2. The third kappa shape index (κ3) is 3.38. The topological polar surface area (TPSA) is 34.9 Å². The highest BCUT2D eigenvalue weighted by Crippen LogP contribution is 2.24. The van der Waals surface area contributed by atoms with Gasteiger partial charge in [0.2, 0.25) is 0 Å². The van der Waals surface area contributed by atoms with Crippen LogP contribution in [0.1, 0.15) is 48.1 Å². The molecule has 0 saturated carbocycles. The largest absolute Gasteiger partial charge is 0.294 e. The van der Waals surface area contributed by atoms with E-state index in [1.165, 1.54) is 0 Å². The lowest BCUT2D eigenvalue weighted by Gasteiger charge is -2.09. The Hall–Kier alpha value is -1.13. The van der Waals surface area contributed by atoms with Gasteiger partial charge < -0.3 is 0 Å². The average molecular weight is 370 g/mol. The standard InChI is InChI=1S/C16H18BrClN2O/c1-4-14-16(10(3)21)15(5-2)20(19-14)9-11-6-7-12(17)8-13(11)18/h6-8H,4-5,9H2,1-3H3. The molecule has 0 radical (unpaired) electrons. The van der Waals surface area contributed by atoms with Crippen LogP contribution in [0.4, 0.5) is 0 Å². The maximum atomic E-state index is 11.9. The van der Waals surface area contributed by atoms with Gasteiger partial charge in [0, 0.05) is 15.2 Å². The van der Waals surface area contributed by atoms with Crippen molar-refractivity contribution in [1.29, 1.82) is 0 Å². The molecule has 0 aliphatic carbocycles. The van der Waals surface area contributed by atoms with E-state index in [4.69, 9.17) is 11.6 Å². The van der Waals surface area contributed by atoms with Crippen LogP contribution in [0.3, 0.4) is 0 Å². The molecule has 0 atom stereocenters. The van der Waals surface area contributed by atoms with Crippen LogP contribution >= 0.6 is 27.5 Å². The highest BCUT2D eigenvalue weighted by molar-refractivity contribution is 9.10. The molecule has 2 aromatic rings. The maximum absolute atomic E-state index is 11.9. The summed E-state index contributed by atoms with van der Waals surface area (Å²) in [6.45, 7) is 6.25. The van der Waals surface area contributed by atoms with Crippen LogP contribution in [-0.2, 0) is 19.4 Å². The van der Waals surface area contributed by atoms with E-state index in [0.29, 0.717) is 11.6 Å². The minimum absolute atomic E-state index is 0.0804. The summed E-state index contributed by atoms with van der Waals surface area (Å²) < 4.78 is 2.86. The first kappa shape index (κ1) is 16.2. The summed E-state index contributed by atoms with van der Waals surface area (Å²) in [5, 5.41) is 5.30. The molecule has 112 valence electrons. The van der Waals surface area contributed by atoms with Crippen LogP contribution in [0, 0.1) is 0 Å². The smallest absolute Gasteiger partial charge is 0.163 e. The molecular formula is C16H18BrClN2O. The van der Waals surface area contributed by atoms with Gasteiger partial charge >= 0.3 is 0 Å². The van der Waals surface area contributed by atoms with E-state index in [1.807, 2.05) is 36.7 Å². The fraction of sp³-hybridized carbons (Fsp3) is 0.375. The van der Waals surface area contributed by atoms with Gasteiger partial charge in [0.05, 0.1) is 17.8 Å². The number of hydrogen-bond donors (Lipinski definition) is 0. The first-order chi connectivity index (χ1) is 9.97. The summed E-state index contributed by atoms with van der Waals surface area (Å²) in [5.74, 6) is 0.0804. The van der Waals surface area contributed by atoms with Gasteiger partial charge in [0.15, 0.2) is 5.78 Å². The van der Waals surface area contributed by atoms with Crippen molar-refractivity contribution in [3.05, 3.63) is 50.2 Å². The van der Waals surface area contributed by atoms with E-state index in [-0.39, 0.29) is 5.78 Å². The molecule has 2 rings (SSSR count). The molecular weight excluding hydrogens is 352 g/mol. The third-order valence-electron chi connectivity index (χ3n) is 3.49. The number of nitrogens with zero attached hydrogens (tertiary/aromatic N) is 2. The maximum Gasteiger partial charge on any atom is 0.163 e. The Kier molecular flexibility index (Phi) is 5.22. The number of halogens is 2. The van der Waals surface area contributed by atoms with Crippen molar-refractivity contribution in [1.82, 2.24) is 9.78 Å². The van der Waals surface area contributed by atoms with Crippen molar-refractivity contribution in [2.75, 3.05) is 0 Å². The number of Topliss-reactive ketones (excluding diaryl/α,β-unsaturated/α-hetero) is 1. The zero-order valence-electron chi connectivity index (χ0n) is 12.4. The summed E-state index contributed by atoms with van der Waals surface area (Å²) in [7, 11) is 0. The Bertz CT molecular complexity index is 679. The molecule has 0 spiro atoms. The fourth-order valence-corrected chi connectivity index (χ4v) is 3.24. The summed E-state index contributed by atoms with van der Waals surface area (Å²) in [4.78, 5) is 11.9. The van der Waals surface area contributed by atoms with Crippen LogP contribution in [0.25, 0.3) is 0 Å². The molecule has 1 heterocycles. The molecule has 0 bridgehead atoms. The first-order valence-electron chi connectivity index (χ1n) is 7.01. The quantitative estimate of drug-likeness (QED) is 0.718. The Morgan fingerprint density at radius 3 is 2.57 bits per heavy atom. The molecule has 1 aromatic heterocycles. The van der Waals surface area contributed by atoms with Crippen molar-refractivity contribution in [3.63, 3.8) is 0 Å². The Labute approximate surface area is 138 Å². The average Bonchev–Trinajstić information content (AvgIpc) is 2.79. The van der Waals surface area contributed by atoms with Gasteiger partial charge in [-0.3, -0.25) is 9.48 Å². The number of ketones is 1. The molecule has 0 aliphatic rings. The van der Waals surface area contributed by atoms with E-state index < -0.39 is 0 Å². The molecule has 0 saturated heterocycles. The number of carbonyl (C=O) groups excluding carboxylic acids is 1. The second-order valence-corrected chi connectivity index (χ2v) is 6.25. The minimum Gasteiger partial charge on any atom is -0.294 e. The highest BCUT2D eigenvalue weighted by Gasteiger charge is 2.19. The van der Waals surface area contributed by atoms with Crippen LogP contribution in [0.5, 0.6) is 0 Å². The highest BCUT2D eigenvalue weighted by atomic mass is 79.9. The number of benzene rings is 1. The number of carbonyl (C=O) groups is 1. The number of aryl methyl sites for hydroxylation is 1. The van der Waals surface area contributed by atoms with Crippen LogP contribution in [0.15, 0.2) is 22.7 Å². The minimum atomic E-state index is 0.0804. The van der Waals surface area contributed by atoms with Crippen molar-refractivity contribution < 1.29 is 4.79 Å². The second kappa shape index (κ2) is 6.75. The zero-order chi connectivity index (χ0) is 15.6. The van der Waals surface area contributed by atoms with Gasteiger partial charge in [0.1, 0.15) is 0 Å². The lowest BCUT2D eigenvalue weighted by atomic mass is 10.1. The Morgan fingerprint density at radius 2 is 2.05 bits per heavy atom. The summed E-state index contributed by atoms with van der Waals surface area (Å²) in [6.07, 6.45) is 1.53. The monoisotopic (exact) mass is 368 g/mol. The van der Waals surface area contributed by atoms with Gasteiger partial charge in [-0.15, -0.1) is 0 Å². The number of rotatable bonds is 5. The zero-order valence-corrected chi connectivity index (χ0v) is 14.8. The molecule has 1 aromatic carbocycles. The normalized spacial score (nSPS) is 10.9.